The summed E-state index contributed by atoms with van der Waals surface area (Å²) in [6, 6.07) is 14.6. The van der Waals surface area contributed by atoms with Crippen LogP contribution in [0.4, 0.5) is 0 Å². The van der Waals surface area contributed by atoms with Crippen LogP contribution in [0, 0.1) is 6.92 Å². The van der Waals surface area contributed by atoms with E-state index in [1.54, 1.807) is 0 Å². The van der Waals surface area contributed by atoms with E-state index in [9.17, 15) is 0 Å². The molecule has 0 unspecified atom stereocenters. The van der Waals surface area contributed by atoms with E-state index in [0.29, 0.717) is 0 Å². The first kappa shape index (κ1) is 18.9. The van der Waals surface area contributed by atoms with Gasteiger partial charge in [0.1, 0.15) is 5.82 Å². The Labute approximate surface area is 161 Å². The molecule has 0 atom stereocenters. The second-order valence-electron chi connectivity index (χ2n) is 6.73. The maximum Gasteiger partial charge on any atom is 0.193 e. The first-order valence-corrected chi connectivity index (χ1v) is 9.51. The quantitative estimate of drug-likeness (QED) is 0.398. The van der Waals surface area contributed by atoms with Crippen LogP contribution < -0.4 is 5.32 Å². The Balaban J connectivity index is 1.57. The highest BCUT2D eigenvalue weighted by Crippen LogP contribution is 2.07. The number of nitrogens with zero attached hydrogens (tertiary/aromatic N) is 5. The van der Waals surface area contributed by atoms with E-state index in [2.05, 4.69) is 65.6 Å². The van der Waals surface area contributed by atoms with Gasteiger partial charge in [0, 0.05) is 39.3 Å². The van der Waals surface area contributed by atoms with Crippen LogP contribution in [0.5, 0.6) is 0 Å². The fraction of sp³-hybridized carbons (Fsp3) is 0.381. The fourth-order valence-corrected chi connectivity index (χ4v) is 3.00. The predicted molar refractivity (Wildman–Crippen MR) is 110 cm³/mol. The van der Waals surface area contributed by atoms with Crippen molar-refractivity contribution in [1.29, 1.82) is 0 Å². The van der Waals surface area contributed by atoms with Gasteiger partial charge in [-0.2, -0.15) is 0 Å². The second-order valence-corrected chi connectivity index (χ2v) is 6.73. The first-order valence-electron chi connectivity index (χ1n) is 9.51. The van der Waals surface area contributed by atoms with Gasteiger partial charge in [-0.25, -0.2) is 0 Å². The van der Waals surface area contributed by atoms with Crippen LogP contribution in [0.2, 0.25) is 0 Å². The van der Waals surface area contributed by atoms with Crippen molar-refractivity contribution in [3.8, 4) is 0 Å². The summed E-state index contributed by atoms with van der Waals surface area (Å²) >= 11 is 0. The molecule has 6 nitrogen and oxygen atoms in total. The van der Waals surface area contributed by atoms with Crippen LogP contribution in [0.25, 0.3) is 5.65 Å². The smallest absolute Gasteiger partial charge is 0.193 e. The molecular weight excluding hydrogens is 336 g/mol. The molecule has 0 amide bonds. The first-order chi connectivity index (χ1) is 13.2. The number of aliphatic imine (C=N–C) groups is 1. The molecule has 0 aliphatic rings. The summed E-state index contributed by atoms with van der Waals surface area (Å²) in [6.45, 7) is 6.64. The van der Waals surface area contributed by atoms with Crippen LogP contribution >= 0.6 is 0 Å². The van der Waals surface area contributed by atoms with Gasteiger partial charge in [-0.05, 0) is 38.0 Å². The van der Waals surface area contributed by atoms with Gasteiger partial charge in [0.05, 0.1) is 0 Å². The lowest BCUT2D eigenvalue weighted by Crippen LogP contribution is -2.38. The summed E-state index contributed by atoms with van der Waals surface area (Å²) in [7, 11) is 2.08. The van der Waals surface area contributed by atoms with Gasteiger partial charge in [0.25, 0.3) is 0 Å². The lowest BCUT2D eigenvalue weighted by Gasteiger charge is -2.22. The van der Waals surface area contributed by atoms with Crippen molar-refractivity contribution in [2.75, 3.05) is 20.1 Å². The third-order valence-electron chi connectivity index (χ3n) is 4.44. The summed E-state index contributed by atoms with van der Waals surface area (Å²) in [5.41, 5.74) is 3.45. The SMILES string of the molecule is CCNC(=NCCCc1nnc2ccccn12)N(C)Cc1ccc(C)cc1. The standard InChI is InChI=1S/C21H28N6/c1-4-22-21(26(3)16-18-12-10-17(2)11-13-18)23-14-7-9-20-25-24-19-8-5-6-15-27(19)20/h5-6,8,10-13,15H,4,7,9,14,16H2,1-3H3,(H,22,23). The minimum Gasteiger partial charge on any atom is -0.357 e. The molecule has 3 aromatic rings. The Morgan fingerprint density at radius 3 is 2.74 bits per heavy atom. The molecule has 0 radical (unpaired) electrons. The molecular formula is C21H28N6. The molecule has 1 N–H and O–H groups in total. The minimum atomic E-state index is 0.752. The summed E-state index contributed by atoms with van der Waals surface area (Å²) < 4.78 is 2.04. The third kappa shape index (κ3) is 5.06. The van der Waals surface area contributed by atoms with Gasteiger partial charge in [0.2, 0.25) is 0 Å². The number of aryl methyl sites for hydroxylation is 2. The van der Waals surface area contributed by atoms with Gasteiger partial charge in [-0.3, -0.25) is 9.39 Å². The zero-order valence-corrected chi connectivity index (χ0v) is 16.4. The Hall–Kier alpha value is -2.89. The summed E-state index contributed by atoms with van der Waals surface area (Å²) in [5.74, 6) is 1.92. The molecule has 0 aliphatic carbocycles. The number of fused-ring (bicyclic) bond motifs is 1. The van der Waals surface area contributed by atoms with Crippen LogP contribution in [0.3, 0.4) is 0 Å². The van der Waals surface area contributed by atoms with E-state index >= 15 is 0 Å². The summed E-state index contributed by atoms with van der Waals surface area (Å²) in [6.07, 6.45) is 3.80. The number of hydrogen-bond donors (Lipinski definition) is 1. The van der Waals surface area contributed by atoms with Crippen molar-refractivity contribution < 1.29 is 0 Å². The van der Waals surface area contributed by atoms with E-state index in [0.717, 1.165) is 49.9 Å². The summed E-state index contributed by atoms with van der Waals surface area (Å²) in [5, 5.41) is 11.9. The molecule has 1 aromatic carbocycles. The lowest BCUT2D eigenvalue weighted by atomic mass is 10.1. The highest BCUT2D eigenvalue weighted by Gasteiger charge is 2.07. The average Bonchev–Trinajstić information content (AvgIpc) is 3.09. The molecule has 0 saturated heterocycles. The van der Waals surface area contributed by atoms with Crippen molar-refractivity contribution in [2.45, 2.75) is 33.2 Å². The second kappa shape index (κ2) is 9.16. The number of rotatable bonds is 7. The van der Waals surface area contributed by atoms with E-state index < -0.39 is 0 Å². The number of nitrogens with one attached hydrogen (secondary N) is 1. The van der Waals surface area contributed by atoms with Crippen molar-refractivity contribution in [3.63, 3.8) is 0 Å². The zero-order chi connectivity index (χ0) is 19.1. The van der Waals surface area contributed by atoms with Gasteiger partial charge in [-0.15, -0.1) is 10.2 Å². The Morgan fingerprint density at radius 2 is 1.96 bits per heavy atom. The highest BCUT2D eigenvalue weighted by molar-refractivity contribution is 5.79. The molecule has 0 fully saturated rings. The Bertz CT molecular complexity index is 881. The molecule has 0 spiro atoms. The molecule has 142 valence electrons. The maximum absolute atomic E-state index is 4.78. The van der Waals surface area contributed by atoms with Gasteiger partial charge >= 0.3 is 0 Å². The maximum atomic E-state index is 4.78. The van der Waals surface area contributed by atoms with Crippen molar-refractivity contribution in [2.24, 2.45) is 4.99 Å². The van der Waals surface area contributed by atoms with E-state index in [4.69, 9.17) is 4.99 Å². The normalized spacial score (nSPS) is 11.7. The fourth-order valence-electron chi connectivity index (χ4n) is 3.00. The number of guanidine groups is 1. The van der Waals surface area contributed by atoms with Gasteiger partial charge < -0.3 is 10.2 Å². The topological polar surface area (TPSA) is 57.8 Å². The number of aromatic nitrogens is 3. The van der Waals surface area contributed by atoms with Crippen LogP contribution in [0.15, 0.2) is 53.7 Å². The van der Waals surface area contributed by atoms with Crippen LogP contribution in [0.1, 0.15) is 30.3 Å². The van der Waals surface area contributed by atoms with Gasteiger partial charge in [-0.1, -0.05) is 35.9 Å². The van der Waals surface area contributed by atoms with Crippen molar-refractivity contribution in [3.05, 3.63) is 65.6 Å². The molecule has 6 heteroatoms. The molecule has 27 heavy (non-hydrogen) atoms. The molecule has 0 saturated carbocycles. The largest absolute Gasteiger partial charge is 0.357 e. The average molecular weight is 364 g/mol. The van der Waals surface area contributed by atoms with E-state index in [-0.39, 0.29) is 0 Å². The molecule has 2 aromatic heterocycles. The molecule has 2 heterocycles. The highest BCUT2D eigenvalue weighted by atomic mass is 15.3. The van der Waals surface area contributed by atoms with Crippen LogP contribution in [-0.2, 0) is 13.0 Å². The monoisotopic (exact) mass is 364 g/mol. The third-order valence-corrected chi connectivity index (χ3v) is 4.44. The predicted octanol–water partition coefficient (Wildman–Crippen LogP) is 3.07. The van der Waals surface area contributed by atoms with Crippen molar-refractivity contribution in [1.82, 2.24) is 24.8 Å². The number of pyridine rings is 1. The Morgan fingerprint density at radius 1 is 1.15 bits per heavy atom. The van der Waals surface area contributed by atoms with E-state index in [1.807, 2.05) is 28.8 Å². The zero-order valence-electron chi connectivity index (χ0n) is 16.4. The molecule has 0 aliphatic heterocycles. The molecule has 3 rings (SSSR count). The molecule has 0 bridgehead atoms. The van der Waals surface area contributed by atoms with Crippen LogP contribution in [-0.4, -0.2) is 45.6 Å². The summed E-state index contributed by atoms with van der Waals surface area (Å²) in [4.78, 5) is 6.95. The van der Waals surface area contributed by atoms with E-state index in [1.165, 1.54) is 11.1 Å². The Kier molecular flexibility index (Phi) is 6.41. The lowest BCUT2D eigenvalue weighted by molar-refractivity contribution is 0.476. The number of benzene rings is 1. The minimum absolute atomic E-state index is 0.752. The number of hydrogen-bond acceptors (Lipinski definition) is 3. The van der Waals surface area contributed by atoms with Gasteiger partial charge in [0.15, 0.2) is 11.6 Å². The van der Waals surface area contributed by atoms with Crippen molar-refractivity contribution >= 4 is 11.6 Å².